The molecule has 1 unspecified atom stereocenters. The van der Waals surface area contributed by atoms with Gasteiger partial charge in [-0.05, 0) is 17.7 Å². The summed E-state index contributed by atoms with van der Waals surface area (Å²) in [7, 11) is 0. The second-order valence-electron chi connectivity index (χ2n) is 6.25. The minimum absolute atomic E-state index is 0.0943. The van der Waals surface area contributed by atoms with Gasteiger partial charge < -0.3 is 4.74 Å². The standard InChI is InChI=1S/C18H22ClN3O/c1-13(2)18-20-9-14(10-21-18)11-22-7-8-23-17(12-22)15-3-5-16(19)6-4-15/h3-6,9-10,13,17H,7-8,11-12H2,1-2H3. The van der Waals surface area contributed by atoms with Gasteiger partial charge in [-0.15, -0.1) is 0 Å². The normalized spacial score (nSPS) is 19.2. The van der Waals surface area contributed by atoms with E-state index in [1.54, 1.807) is 0 Å². The van der Waals surface area contributed by atoms with Crippen LogP contribution < -0.4 is 0 Å². The number of aromatic nitrogens is 2. The van der Waals surface area contributed by atoms with Crippen molar-refractivity contribution in [3.8, 4) is 0 Å². The van der Waals surface area contributed by atoms with Crippen molar-refractivity contribution in [3.05, 3.63) is 58.6 Å². The Kier molecular flexibility index (Phi) is 5.26. The van der Waals surface area contributed by atoms with Crippen LogP contribution in [0.25, 0.3) is 0 Å². The highest BCUT2D eigenvalue weighted by molar-refractivity contribution is 6.30. The molecular formula is C18H22ClN3O. The van der Waals surface area contributed by atoms with E-state index in [-0.39, 0.29) is 6.10 Å². The van der Waals surface area contributed by atoms with Crippen LogP contribution in [0.4, 0.5) is 0 Å². The van der Waals surface area contributed by atoms with Crippen LogP contribution in [0.2, 0.25) is 5.02 Å². The Morgan fingerprint density at radius 2 is 1.91 bits per heavy atom. The monoisotopic (exact) mass is 331 g/mol. The molecule has 0 radical (unpaired) electrons. The number of benzene rings is 1. The van der Waals surface area contributed by atoms with Crippen molar-refractivity contribution in [2.75, 3.05) is 19.7 Å². The number of halogens is 1. The molecule has 3 rings (SSSR count). The molecule has 2 heterocycles. The Morgan fingerprint density at radius 1 is 1.22 bits per heavy atom. The quantitative estimate of drug-likeness (QED) is 0.853. The van der Waals surface area contributed by atoms with Crippen LogP contribution in [0.3, 0.4) is 0 Å². The zero-order valence-corrected chi connectivity index (χ0v) is 14.3. The third kappa shape index (κ3) is 4.28. The fraction of sp³-hybridized carbons (Fsp3) is 0.444. The molecule has 1 fully saturated rings. The average molecular weight is 332 g/mol. The number of hydrogen-bond acceptors (Lipinski definition) is 4. The summed E-state index contributed by atoms with van der Waals surface area (Å²) in [5.41, 5.74) is 2.32. The summed E-state index contributed by atoms with van der Waals surface area (Å²) >= 11 is 5.96. The first kappa shape index (κ1) is 16.4. The fourth-order valence-electron chi connectivity index (χ4n) is 2.73. The summed E-state index contributed by atoms with van der Waals surface area (Å²) in [6, 6.07) is 7.91. The van der Waals surface area contributed by atoms with Gasteiger partial charge in [0, 0.05) is 48.5 Å². The maximum absolute atomic E-state index is 5.96. The van der Waals surface area contributed by atoms with Crippen molar-refractivity contribution >= 4 is 11.6 Å². The number of ether oxygens (including phenoxy) is 1. The molecule has 5 heteroatoms. The zero-order chi connectivity index (χ0) is 16.2. The van der Waals surface area contributed by atoms with Gasteiger partial charge in [0.15, 0.2) is 0 Å². The van der Waals surface area contributed by atoms with Crippen molar-refractivity contribution in [2.45, 2.75) is 32.4 Å². The van der Waals surface area contributed by atoms with Gasteiger partial charge >= 0.3 is 0 Å². The second-order valence-corrected chi connectivity index (χ2v) is 6.69. The molecule has 122 valence electrons. The van der Waals surface area contributed by atoms with Crippen molar-refractivity contribution in [2.24, 2.45) is 0 Å². The minimum atomic E-state index is 0.0943. The Hall–Kier alpha value is -1.49. The Labute approximate surface area is 142 Å². The summed E-state index contributed by atoms with van der Waals surface area (Å²) in [6.45, 7) is 7.59. The molecule has 0 amide bonds. The molecule has 0 N–H and O–H groups in total. The predicted molar refractivity (Wildman–Crippen MR) is 91.5 cm³/mol. The van der Waals surface area contributed by atoms with Gasteiger partial charge in [-0.1, -0.05) is 37.6 Å². The van der Waals surface area contributed by atoms with Crippen LogP contribution in [0, 0.1) is 0 Å². The molecule has 1 aliphatic heterocycles. The highest BCUT2D eigenvalue weighted by Gasteiger charge is 2.22. The molecule has 0 spiro atoms. The Morgan fingerprint density at radius 3 is 2.57 bits per heavy atom. The first-order valence-electron chi connectivity index (χ1n) is 8.02. The topological polar surface area (TPSA) is 38.2 Å². The van der Waals surface area contributed by atoms with E-state index >= 15 is 0 Å². The minimum Gasteiger partial charge on any atom is -0.371 e. The third-order valence-corrected chi connectivity index (χ3v) is 4.29. The van der Waals surface area contributed by atoms with E-state index in [4.69, 9.17) is 16.3 Å². The Bertz CT molecular complexity index is 628. The number of morpholine rings is 1. The lowest BCUT2D eigenvalue weighted by molar-refractivity contribution is -0.0329. The zero-order valence-electron chi connectivity index (χ0n) is 13.6. The van der Waals surface area contributed by atoms with Crippen LogP contribution >= 0.6 is 11.6 Å². The van der Waals surface area contributed by atoms with E-state index in [9.17, 15) is 0 Å². The number of rotatable bonds is 4. The lowest BCUT2D eigenvalue weighted by Crippen LogP contribution is -2.37. The van der Waals surface area contributed by atoms with Crippen molar-refractivity contribution < 1.29 is 4.74 Å². The van der Waals surface area contributed by atoms with Crippen LogP contribution in [0.5, 0.6) is 0 Å². The van der Waals surface area contributed by atoms with Gasteiger partial charge in [0.2, 0.25) is 0 Å². The summed E-state index contributed by atoms with van der Waals surface area (Å²) in [4.78, 5) is 11.3. The van der Waals surface area contributed by atoms with E-state index in [2.05, 4.69) is 28.7 Å². The summed E-state index contributed by atoms with van der Waals surface area (Å²) in [5.74, 6) is 1.26. The van der Waals surface area contributed by atoms with Crippen LogP contribution in [-0.2, 0) is 11.3 Å². The first-order chi connectivity index (χ1) is 11.1. The van der Waals surface area contributed by atoms with Crippen LogP contribution in [0.15, 0.2) is 36.7 Å². The van der Waals surface area contributed by atoms with Gasteiger partial charge in [-0.2, -0.15) is 0 Å². The fourth-order valence-corrected chi connectivity index (χ4v) is 2.85. The van der Waals surface area contributed by atoms with Gasteiger partial charge in [-0.3, -0.25) is 4.90 Å². The lowest BCUT2D eigenvalue weighted by atomic mass is 10.1. The summed E-state index contributed by atoms with van der Waals surface area (Å²) in [5, 5.41) is 0.754. The highest BCUT2D eigenvalue weighted by Crippen LogP contribution is 2.24. The number of hydrogen-bond donors (Lipinski definition) is 0. The highest BCUT2D eigenvalue weighted by atomic mass is 35.5. The summed E-state index contributed by atoms with van der Waals surface area (Å²) < 4.78 is 5.91. The smallest absolute Gasteiger partial charge is 0.130 e. The van der Waals surface area contributed by atoms with E-state index in [0.717, 1.165) is 42.7 Å². The molecule has 1 saturated heterocycles. The number of nitrogens with zero attached hydrogens (tertiary/aromatic N) is 3. The van der Waals surface area contributed by atoms with E-state index in [0.29, 0.717) is 5.92 Å². The third-order valence-electron chi connectivity index (χ3n) is 4.04. The Balaban J connectivity index is 1.63. The van der Waals surface area contributed by atoms with E-state index in [1.807, 2.05) is 36.7 Å². The van der Waals surface area contributed by atoms with Gasteiger partial charge in [-0.25, -0.2) is 9.97 Å². The average Bonchev–Trinajstić information content (AvgIpc) is 2.56. The molecular weight excluding hydrogens is 310 g/mol. The molecule has 1 aromatic heterocycles. The molecule has 1 atom stereocenters. The summed E-state index contributed by atoms with van der Waals surface area (Å²) in [6.07, 6.45) is 3.97. The van der Waals surface area contributed by atoms with Gasteiger partial charge in [0.05, 0.1) is 12.7 Å². The maximum Gasteiger partial charge on any atom is 0.130 e. The molecule has 4 nitrogen and oxygen atoms in total. The van der Waals surface area contributed by atoms with Crippen LogP contribution in [0.1, 0.15) is 42.8 Å². The predicted octanol–water partition coefficient (Wildman–Crippen LogP) is 3.83. The molecule has 0 saturated carbocycles. The first-order valence-corrected chi connectivity index (χ1v) is 8.40. The second kappa shape index (κ2) is 7.39. The van der Waals surface area contributed by atoms with E-state index in [1.165, 1.54) is 5.56 Å². The lowest BCUT2D eigenvalue weighted by Gasteiger charge is -2.33. The van der Waals surface area contributed by atoms with Crippen LogP contribution in [-0.4, -0.2) is 34.6 Å². The van der Waals surface area contributed by atoms with Gasteiger partial charge in [0.25, 0.3) is 0 Å². The van der Waals surface area contributed by atoms with E-state index < -0.39 is 0 Å². The van der Waals surface area contributed by atoms with Crippen molar-refractivity contribution in [1.82, 2.24) is 14.9 Å². The maximum atomic E-state index is 5.96. The molecule has 1 aromatic carbocycles. The van der Waals surface area contributed by atoms with Gasteiger partial charge in [0.1, 0.15) is 5.82 Å². The van der Waals surface area contributed by atoms with Crippen molar-refractivity contribution in [3.63, 3.8) is 0 Å². The molecule has 0 aliphatic carbocycles. The molecule has 1 aliphatic rings. The molecule has 23 heavy (non-hydrogen) atoms. The largest absolute Gasteiger partial charge is 0.371 e. The SMILES string of the molecule is CC(C)c1ncc(CN2CCOC(c3ccc(Cl)cc3)C2)cn1. The molecule has 2 aromatic rings. The molecule has 0 bridgehead atoms. The van der Waals surface area contributed by atoms with Crippen molar-refractivity contribution in [1.29, 1.82) is 0 Å².